The Kier molecular flexibility index (Phi) is 7.14. The van der Waals surface area contributed by atoms with Crippen molar-refractivity contribution in [2.45, 2.75) is 25.2 Å². The number of methoxy groups -OCH3 is 1. The van der Waals surface area contributed by atoms with Crippen LogP contribution in [0.25, 0.3) is 0 Å². The number of sulfonamides is 1. The van der Waals surface area contributed by atoms with Crippen LogP contribution < -0.4 is 10.2 Å². The van der Waals surface area contributed by atoms with Gasteiger partial charge in [0.25, 0.3) is 15.9 Å². The van der Waals surface area contributed by atoms with Crippen molar-refractivity contribution in [1.29, 1.82) is 0 Å². The Morgan fingerprint density at radius 2 is 1.69 bits per heavy atom. The van der Waals surface area contributed by atoms with Crippen LogP contribution >= 0.6 is 0 Å². The van der Waals surface area contributed by atoms with E-state index in [0.29, 0.717) is 30.0 Å². The van der Waals surface area contributed by atoms with Gasteiger partial charge in [0, 0.05) is 37.2 Å². The van der Waals surface area contributed by atoms with E-state index in [9.17, 15) is 18.0 Å². The Balaban J connectivity index is 1.89. The molecule has 2 amide bonds. The third kappa shape index (κ3) is 4.91. The molecule has 0 bridgehead atoms. The molecule has 1 aliphatic rings. The summed E-state index contributed by atoms with van der Waals surface area (Å²) in [5.41, 5.74) is 3.43. The fourth-order valence-electron chi connectivity index (χ4n) is 3.37. The smallest absolute Gasteiger partial charge is 0.285 e. The number of amidine groups is 1. The summed E-state index contributed by atoms with van der Waals surface area (Å²) in [6.45, 7) is 4.94. The zero-order chi connectivity index (χ0) is 23.3. The van der Waals surface area contributed by atoms with Gasteiger partial charge in [-0.05, 0) is 50.2 Å². The molecule has 0 radical (unpaired) electrons. The Morgan fingerprint density at radius 1 is 1.03 bits per heavy atom. The number of hydrogen-bond acceptors (Lipinski definition) is 6. The summed E-state index contributed by atoms with van der Waals surface area (Å²) in [4.78, 5) is 27.2. The second-order valence-corrected chi connectivity index (χ2v) is 8.60. The van der Waals surface area contributed by atoms with Gasteiger partial charge >= 0.3 is 0 Å². The second kappa shape index (κ2) is 9.82. The van der Waals surface area contributed by atoms with Crippen molar-refractivity contribution in [2.24, 2.45) is 4.40 Å². The number of benzene rings is 2. The largest absolute Gasteiger partial charge is 0.497 e. The van der Waals surface area contributed by atoms with E-state index in [1.807, 2.05) is 13.8 Å². The van der Waals surface area contributed by atoms with Crippen molar-refractivity contribution in [2.75, 3.05) is 26.7 Å². The highest BCUT2D eigenvalue weighted by atomic mass is 32.2. The van der Waals surface area contributed by atoms with E-state index < -0.39 is 15.9 Å². The summed E-state index contributed by atoms with van der Waals surface area (Å²) in [5.74, 6) is 0.110. The van der Waals surface area contributed by atoms with E-state index in [-0.39, 0.29) is 29.6 Å². The summed E-state index contributed by atoms with van der Waals surface area (Å²) in [6.07, 6.45) is 0.0752. The molecule has 1 N–H and O–H groups in total. The molecule has 0 aliphatic carbocycles. The van der Waals surface area contributed by atoms with Crippen LogP contribution in [0.3, 0.4) is 0 Å². The number of carbonyl (C=O) groups excluding carboxylic acids is 2. The van der Waals surface area contributed by atoms with Gasteiger partial charge in [0.05, 0.1) is 7.11 Å². The van der Waals surface area contributed by atoms with Gasteiger partial charge in [-0.3, -0.25) is 20.0 Å². The van der Waals surface area contributed by atoms with Gasteiger partial charge in [-0.25, -0.2) is 0 Å². The van der Waals surface area contributed by atoms with Crippen molar-refractivity contribution in [1.82, 2.24) is 15.3 Å². The van der Waals surface area contributed by atoms with Crippen molar-refractivity contribution < 1.29 is 22.7 Å². The molecule has 170 valence electrons. The lowest BCUT2D eigenvalue weighted by molar-refractivity contribution is -0.131. The molecule has 1 aliphatic heterocycles. The molecule has 3 rings (SSSR count). The lowest BCUT2D eigenvalue weighted by Gasteiger charge is -2.26. The highest BCUT2D eigenvalue weighted by molar-refractivity contribution is 7.90. The van der Waals surface area contributed by atoms with Gasteiger partial charge in [0.2, 0.25) is 5.91 Å². The average Bonchev–Trinajstić information content (AvgIpc) is 3.08. The van der Waals surface area contributed by atoms with Gasteiger partial charge < -0.3 is 9.64 Å². The van der Waals surface area contributed by atoms with Crippen LogP contribution in [0, 0.1) is 0 Å². The molecule has 32 heavy (non-hydrogen) atoms. The van der Waals surface area contributed by atoms with Crippen LogP contribution in [0.2, 0.25) is 0 Å². The van der Waals surface area contributed by atoms with Crippen LogP contribution in [0.15, 0.2) is 57.8 Å². The van der Waals surface area contributed by atoms with Gasteiger partial charge in [0.1, 0.15) is 10.6 Å². The summed E-state index contributed by atoms with van der Waals surface area (Å²) in [6, 6.07) is 12.9. The third-order valence-corrected chi connectivity index (χ3v) is 6.45. The number of rotatable bonds is 7. The Labute approximate surface area is 187 Å². The van der Waals surface area contributed by atoms with Crippen LogP contribution in [-0.4, -0.2) is 62.7 Å². The molecule has 10 heteroatoms. The molecule has 2 aromatic rings. The van der Waals surface area contributed by atoms with Crippen LogP contribution in [-0.2, 0) is 14.8 Å². The quantitative estimate of drug-likeness (QED) is 0.636. The Bertz CT molecular complexity index is 1130. The number of carbonyl (C=O) groups is 2. The average molecular weight is 459 g/mol. The lowest BCUT2D eigenvalue weighted by Crippen LogP contribution is -2.48. The van der Waals surface area contributed by atoms with Crippen molar-refractivity contribution in [3.8, 4) is 5.75 Å². The Hall–Kier alpha value is -3.40. The first kappa shape index (κ1) is 23.3. The predicted octanol–water partition coefficient (Wildman–Crippen LogP) is 2.05. The van der Waals surface area contributed by atoms with E-state index in [1.165, 1.54) is 18.2 Å². The zero-order valence-corrected chi connectivity index (χ0v) is 19.1. The molecular formula is C22H26N4O5S. The molecule has 0 aromatic heterocycles. The predicted molar refractivity (Wildman–Crippen MR) is 120 cm³/mol. The first-order valence-corrected chi connectivity index (χ1v) is 11.7. The number of hydrogen-bond donors (Lipinski definition) is 1. The first-order chi connectivity index (χ1) is 15.3. The van der Waals surface area contributed by atoms with Crippen molar-refractivity contribution in [3.05, 3.63) is 59.7 Å². The molecule has 0 fully saturated rings. The maximum atomic E-state index is 12.9. The van der Waals surface area contributed by atoms with Crippen molar-refractivity contribution >= 4 is 27.7 Å². The minimum atomic E-state index is -3.89. The summed E-state index contributed by atoms with van der Waals surface area (Å²) < 4.78 is 34.0. The van der Waals surface area contributed by atoms with E-state index in [0.717, 1.165) is 0 Å². The van der Waals surface area contributed by atoms with Gasteiger partial charge in [0.15, 0.2) is 5.84 Å². The van der Waals surface area contributed by atoms with Gasteiger partial charge in [-0.1, -0.05) is 12.1 Å². The Morgan fingerprint density at radius 3 is 2.31 bits per heavy atom. The van der Waals surface area contributed by atoms with E-state index in [1.54, 1.807) is 47.4 Å². The first-order valence-electron chi connectivity index (χ1n) is 10.3. The van der Waals surface area contributed by atoms with E-state index >= 15 is 0 Å². The van der Waals surface area contributed by atoms with Gasteiger partial charge in [-0.2, -0.15) is 8.42 Å². The molecule has 0 saturated carbocycles. The van der Waals surface area contributed by atoms with E-state index in [4.69, 9.17) is 4.74 Å². The van der Waals surface area contributed by atoms with E-state index in [2.05, 4.69) is 9.82 Å². The standard InChI is InChI=1S/C22H26N4O5S/c1-4-25(5-2)20(27)14-15-26(23-22(28)16-10-12-17(31-3)13-11-16)21-18-8-6-7-9-19(18)32(29,30)24-21/h6-13H,4-5,14-15H2,1-3H3,(H,23,28). The molecule has 9 nitrogen and oxygen atoms in total. The minimum absolute atomic E-state index is 0.0555. The van der Waals surface area contributed by atoms with Gasteiger partial charge in [-0.15, -0.1) is 4.40 Å². The molecule has 1 heterocycles. The minimum Gasteiger partial charge on any atom is -0.497 e. The summed E-state index contributed by atoms with van der Waals surface area (Å²) >= 11 is 0. The molecule has 0 atom stereocenters. The van der Waals surface area contributed by atoms with Crippen LogP contribution in [0.5, 0.6) is 5.75 Å². The molecule has 0 spiro atoms. The van der Waals surface area contributed by atoms with Crippen LogP contribution in [0.1, 0.15) is 36.2 Å². The maximum Gasteiger partial charge on any atom is 0.285 e. The van der Waals surface area contributed by atoms with Crippen molar-refractivity contribution in [3.63, 3.8) is 0 Å². The monoisotopic (exact) mass is 458 g/mol. The third-order valence-electron chi connectivity index (χ3n) is 5.12. The maximum absolute atomic E-state index is 12.9. The topological polar surface area (TPSA) is 108 Å². The summed E-state index contributed by atoms with van der Waals surface area (Å²) in [5, 5.41) is 1.33. The normalized spacial score (nSPS) is 13.7. The number of nitrogens with zero attached hydrogens (tertiary/aromatic N) is 3. The second-order valence-electron chi connectivity index (χ2n) is 7.02. The number of ether oxygens (including phenoxy) is 1. The number of hydrazine groups is 1. The number of nitrogens with one attached hydrogen (secondary N) is 1. The lowest BCUT2D eigenvalue weighted by atomic mass is 10.2. The molecular weight excluding hydrogens is 432 g/mol. The number of amides is 2. The fraction of sp³-hybridized carbons (Fsp3) is 0.318. The summed E-state index contributed by atoms with van der Waals surface area (Å²) in [7, 11) is -2.36. The SMILES string of the molecule is CCN(CC)C(=O)CCN(NC(=O)c1ccc(OC)cc1)C1=NS(=O)(=O)c2ccccc21. The molecule has 2 aromatic carbocycles. The zero-order valence-electron chi connectivity index (χ0n) is 18.2. The van der Waals surface area contributed by atoms with Crippen LogP contribution in [0.4, 0.5) is 0 Å². The number of fused-ring (bicyclic) bond motifs is 1. The molecule has 0 unspecified atom stereocenters. The molecule has 0 saturated heterocycles. The highest BCUT2D eigenvalue weighted by Crippen LogP contribution is 2.27. The fourth-order valence-corrected chi connectivity index (χ4v) is 4.58. The highest BCUT2D eigenvalue weighted by Gasteiger charge is 2.32.